The van der Waals surface area contributed by atoms with Gasteiger partial charge >= 0.3 is 0 Å². The number of hydrogen-bond donors (Lipinski definition) is 1. The van der Waals surface area contributed by atoms with E-state index in [0.717, 1.165) is 6.61 Å². The molecule has 0 heterocycles. The summed E-state index contributed by atoms with van der Waals surface area (Å²) in [5.41, 5.74) is 0.300. The molecule has 0 aromatic rings. The monoisotopic (exact) mass is 255 g/mol. The number of nitrogens with one attached hydrogen (secondary N) is 1. The molecule has 108 valence electrons. The predicted octanol–water partition coefficient (Wildman–Crippen LogP) is 4.14. The van der Waals surface area contributed by atoms with E-state index in [9.17, 15) is 0 Å². The molecule has 3 unspecified atom stereocenters. The van der Waals surface area contributed by atoms with Crippen LogP contribution in [0.15, 0.2) is 0 Å². The molecular formula is C16H33NO. The van der Waals surface area contributed by atoms with Gasteiger partial charge in [-0.2, -0.15) is 0 Å². The Balaban J connectivity index is 2.40. The van der Waals surface area contributed by atoms with Crippen molar-refractivity contribution in [1.29, 1.82) is 0 Å². The molecule has 1 fully saturated rings. The maximum Gasteiger partial charge on any atom is 0.0655 e. The second-order valence-electron chi connectivity index (χ2n) is 6.35. The summed E-state index contributed by atoms with van der Waals surface area (Å²) in [5, 5.41) is 3.89. The van der Waals surface area contributed by atoms with Crippen LogP contribution < -0.4 is 5.32 Å². The van der Waals surface area contributed by atoms with Gasteiger partial charge in [0.2, 0.25) is 0 Å². The lowest BCUT2D eigenvalue weighted by Crippen LogP contribution is -2.62. The maximum atomic E-state index is 5.81. The minimum Gasteiger partial charge on any atom is -0.378 e. The highest BCUT2D eigenvalue weighted by Crippen LogP contribution is 2.43. The van der Waals surface area contributed by atoms with Gasteiger partial charge in [0.1, 0.15) is 0 Å². The fourth-order valence-corrected chi connectivity index (χ4v) is 3.05. The van der Waals surface area contributed by atoms with E-state index in [1.54, 1.807) is 0 Å². The number of unbranched alkanes of at least 4 members (excludes halogenated alkanes) is 1. The minimum absolute atomic E-state index is 0.300. The van der Waals surface area contributed by atoms with Crippen LogP contribution in [-0.4, -0.2) is 24.8 Å². The van der Waals surface area contributed by atoms with E-state index < -0.39 is 0 Å². The zero-order chi connectivity index (χ0) is 13.6. The van der Waals surface area contributed by atoms with Crippen molar-refractivity contribution in [2.24, 2.45) is 5.41 Å². The first-order chi connectivity index (χ1) is 8.56. The first kappa shape index (κ1) is 16.0. The quantitative estimate of drug-likeness (QED) is 0.668. The molecule has 18 heavy (non-hydrogen) atoms. The van der Waals surface area contributed by atoms with E-state index in [1.165, 1.54) is 38.5 Å². The lowest BCUT2D eigenvalue weighted by Gasteiger charge is -2.53. The number of hydrogen-bond acceptors (Lipinski definition) is 2. The highest BCUT2D eigenvalue weighted by atomic mass is 16.5. The smallest absolute Gasteiger partial charge is 0.0655 e. The SMILES string of the molecule is CCCCC(CCC)NC1CC(OCC)C1(C)C. The first-order valence-electron chi connectivity index (χ1n) is 7.93. The summed E-state index contributed by atoms with van der Waals surface area (Å²) < 4.78 is 5.81. The Morgan fingerprint density at radius 2 is 1.89 bits per heavy atom. The van der Waals surface area contributed by atoms with Crippen molar-refractivity contribution in [2.45, 2.75) is 91.3 Å². The van der Waals surface area contributed by atoms with Gasteiger partial charge in [0.25, 0.3) is 0 Å². The van der Waals surface area contributed by atoms with Gasteiger partial charge in [0.15, 0.2) is 0 Å². The van der Waals surface area contributed by atoms with E-state index in [2.05, 4.69) is 39.9 Å². The first-order valence-corrected chi connectivity index (χ1v) is 7.93. The van der Waals surface area contributed by atoms with Crippen LogP contribution in [0.4, 0.5) is 0 Å². The largest absolute Gasteiger partial charge is 0.378 e. The molecule has 1 N–H and O–H groups in total. The zero-order valence-electron chi connectivity index (χ0n) is 13.1. The lowest BCUT2D eigenvalue weighted by molar-refractivity contribution is -0.116. The highest BCUT2D eigenvalue weighted by Gasteiger charge is 2.49. The maximum absolute atomic E-state index is 5.81. The van der Waals surface area contributed by atoms with E-state index >= 15 is 0 Å². The molecule has 0 aliphatic heterocycles. The van der Waals surface area contributed by atoms with Crippen molar-refractivity contribution in [2.75, 3.05) is 6.61 Å². The van der Waals surface area contributed by atoms with Crippen LogP contribution in [-0.2, 0) is 4.74 Å². The van der Waals surface area contributed by atoms with Crippen molar-refractivity contribution >= 4 is 0 Å². The van der Waals surface area contributed by atoms with Crippen molar-refractivity contribution < 1.29 is 4.74 Å². The van der Waals surface area contributed by atoms with Gasteiger partial charge < -0.3 is 10.1 Å². The molecule has 1 aliphatic rings. The third-order valence-electron chi connectivity index (χ3n) is 4.53. The zero-order valence-corrected chi connectivity index (χ0v) is 13.1. The van der Waals surface area contributed by atoms with Gasteiger partial charge in [0.05, 0.1) is 6.10 Å². The number of rotatable bonds is 9. The molecule has 0 aromatic carbocycles. The fourth-order valence-electron chi connectivity index (χ4n) is 3.05. The molecule has 0 bridgehead atoms. The Morgan fingerprint density at radius 3 is 2.39 bits per heavy atom. The van der Waals surface area contributed by atoms with E-state index in [1.807, 2.05) is 0 Å². The van der Waals surface area contributed by atoms with Gasteiger partial charge in [-0.25, -0.2) is 0 Å². The average Bonchev–Trinajstić information content (AvgIpc) is 2.34. The van der Waals surface area contributed by atoms with E-state index in [4.69, 9.17) is 4.74 Å². The summed E-state index contributed by atoms with van der Waals surface area (Å²) in [7, 11) is 0. The molecule has 0 amide bonds. The van der Waals surface area contributed by atoms with Gasteiger partial charge in [-0.05, 0) is 26.2 Å². The van der Waals surface area contributed by atoms with Gasteiger partial charge in [-0.15, -0.1) is 0 Å². The number of ether oxygens (including phenoxy) is 1. The molecule has 1 aliphatic carbocycles. The summed E-state index contributed by atoms with van der Waals surface area (Å²) in [5.74, 6) is 0. The van der Waals surface area contributed by atoms with Crippen LogP contribution in [0, 0.1) is 5.41 Å². The molecule has 3 atom stereocenters. The molecule has 0 saturated heterocycles. The van der Waals surface area contributed by atoms with Crippen molar-refractivity contribution in [1.82, 2.24) is 5.32 Å². The predicted molar refractivity (Wildman–Crippen MR) is 79.0 cm³/mol. The van der Waals surface area contributed by atoms with Gasteiger partial charge in [-0.3, -0.25) is 0 Å². The lowest BCUT2D eigenvalue weighted by atomic mass is 9.64. The Labute approximate surface area is 114 Å². The molecule has 0 radical (unpaired) electrons. The summed E-state index contributed by atoms with van der Waals surface area (Å²) in [6, 6.07) is 1.35. The third kappa shape index (κ3) is 3.96. The Bertz CT molecular complexity index is 227. The van der Waals surface area contributed by atoms with Gasteiger partial charge in [-0.1, -0.05) is 47.0 Å². The van der Waals surface area contributed by atoms with E-state index in [0.29, 0.717) is 23.6 Å². The Kier molecular flexibility index (Phi) is 6.65. The third-order valence-corrected chi connectivity index (χ3v) is 4.53. The second kappa shape index (κ2) is 7.49. The van der Waals surface area contributed by atoms with Crippen LogP contribution in [0.1, 0.15) is 73.1 Å². The summed E-state index contributed by atoms with van der Waals surface area (Å²) in [4.78, 5) is 0. The summed E-state index contributed by atoms with van der Waals surface area (Å²) in [6.07, 6.45) is 8.21. The summed E-state index contributed by atoms with van der Waals surface area (Å²) in [6.45, 7) is 12.2. The van der Waals surface area contributed by atoms with Crippen LogP contribution in [0.25, 0.3) is 0 Å². The molecule has 2 heteroatoms. The molecule has 1 rings (SSSR count). The second-order valence-corrected chi connectivity index (χ2v) is 6.35. The average molecular weight is 255 g/mol. The molecule has 0 spiro atoms. The normalized spacial score (nSPS) is 27.8. The fraction of sp³-hybridized carbons (Fsp3) is 1.00. The van der Waals surface area contributed by atoms with Crippen LogP contribution in [0.2, 0.25) is 0 Å². The van der Waals surface area contributed by atoms with Gasteiger partial charge in [0, 0.05) is 24.1 Å². The summed E-state index contributed by atoms with van der Waals surface area (Å²) >= 11 is 0. The topological polar surface area (TPSA) is 21.3 Å². The highest BCUT2D eigenvalue weighted by molar-refractivity contribution is 5.03. The van der Waals surface area contributed by atoms with Crippen molar-refractivity contribution in [3.05, 3.63) is 0 Å². The van der Waals surface area contributed by atoms with Crippen LogP contribution >= 0.6 is 0 Å². The Hall–Kier alpha value is -0.0800. The molecule has 2 nitrogen and oxygen atoms in total. The Morgan fingerprint density at radius 1 is 1.17 bits per heavy atom. The molecule has 0 aromatic heterocycles. The van der Waals surface area contributed by atoms with Crippen LogP contribution in [0.5, 0.6) is 0 Å². The minimum atomic E-state index is 0.300. The molecular weight excluding hydrogens is 222 g/mol. The standard InChI is InChI=1S/C16H33NO/c1-6-9-11-13(10-7-2)17-14-12-15(18-8-3)16(14,4)5/h13-15,17H,6-12H2,1-5H3. The van der Waals surface area contributed by atoms with Crippen molar-refractivity contribution in [3.8, 4) is 0 Å². The van der Waals surface area contributed by atoms with Crippen molar-refractivity contribution in [3.63, 3.8) is 0 Å². The van der Waals surface area contributed by atoms with E-state index in [-0.39, 0.29) is 0 Å². The van der Waals surface area contributed by atoms with Crippen LogP contribution in [0.3, 0.4) is 0 Å². The molecule has 1 saturated carbocycles.